The van der Waals surface area contributed by atoms with Crippen molar-refractivity contribution in [2.75, 3.05) is 6.54 Å². The van der Waals surface area contributed by atoms with E-state index in [-0.39, 0.29) is 12.6 Å². The van der Waals surface area contributed by atoms with Gasteiger partial charge in [-0.05, 0) is 19.8 Å². The zero-order valence-corrected chi connectivity index (χ0v) is 6.86. The third-order valence-corrected chi connectivity index (χ3v) is 1.63. The number of hydrogen-bond donors (Lipinski definition) is 0. The van der Waals surface area contributed by atoms with Crippen LogP contribution in [-0.4, -0.2) is 23.5 Å². The minimum Gasteiger partial charge on any atom is -0.462 e. The van der Waals surface area contributed by atoms with Crippen LogP contribution in [0, 0.1) is 16.0 Å². The first-order valence-corrected chi connectivity index (χ1v) is 3.92. The maximum atomic E-state index is 11.0. The molecule has 0 amide bonds. The van der Waals surface area contributed by atoms with Crippen LogP contribution in [-0.2, 0) is 9.53 Å². The Morgan fingerprint density at radius 1 is 1.75 bits per heavy atom. The van der Waals surface area contributed by atoms with Crippen molar-refractivity contribution in [3.8, 4) is 0 Å². The van der Waals surface area contributed by atoms with E-state index < -0.39 is 16.8 Å². The molecule has 1 atom stereocenters. The van der Waals surface area contributed by atoms with Crippen LogP contribution in [0.2, 0.25) is 0 Å². The molecule has 1 fully saturated rings. The van der Waals surface area contributed by atoms with Gasteiger partial charge in [-0.3, -0.25) is 14.9 Å². The number of carbonyl (C=O) groups excluding carboxylic acids is 1. The van der Waals surface area contributed by atoms with Crippen LogP contribution < -0.4 is 0 Å². The van der Waals surface area contributed by atoms with Crippen LogP contribution in [0.4, 0.5) is 0 Å². The molecule has 1 rings (SSSR count). The Hall–Kier alpha value is -1.13. The van der Waals surface area contributed by atoms with Crippen molar-refractivity contribution in [3.05, 3.63) is 10.1 Å². The molecule has 1 unspecified atom stereocenters. The second kappa shape index (κ2) is 3.51. The van der Waals surface area contributed by atoms with E-state index in [1.165, 1.54) is 6.92 Å². The molecule has 0 radical (unpaired) electrons. The van der Waals surface area contributed by atoms with E-state index in [1.54, 1.807) is 0 Å². The summed E-state index contributed by atoms with van der Waals surface area (Å²) in [6.45, 7) is 1.17. The molecule has 0 heterocycles. The Bertz CT molecular complexity index is 200. The highest BCUT2D eigenvalue weighted by Gasteiger charge is 2.29. The Morgan fingerprint density at radius 3 is 2.75 bits per heavy atom. The average molecular weight is 173 g/mol. The lowest BCUT2D eigenvalue weighted by Crippen LogP contribution is -2.23. The largest absolute Gasteiger partial charge is 0.462 e. The number of hydrogen-bond acceptors (Lipinski definition) is 4. The number of nitrogens with zero attached hydrogens (tertiary/aromatic N) is 1. The minimum absolute atomic E-state index is 0.0340. The number of rotatable bonds is 4. The van der Waals surface area contributed by atoms with Crippen LogP contribution >= 0.6 is 0 Å². The fourth-order valence-corrected chi connectivity index (χ4v) is 0.764. The normalized spacial score (nSPS) is 18.4. The smallest absolute Gasteiger partial charge is 0.315 e. The van der Waals surface area contributed by atoms with E-state index >= 15 is 0 Å². The fourth-order valence-electron chi connectivity index (χ4n) is 0.764. The van der Waals surface area contributed by atoms with E-state index in [0.29, 0.717) is 0 Å². The van der Waals surface area contributed by atoms with E-state index in [0.717, 1.165) is 12.8 Å². The molecule has 1 saturated carbocycles. The van der Waals surface area contributed by atoms with E-state index in [1.807, 2.05) is 0 Å². The van der Waals surface area contributed by atoms with Gasteiger partial charge in [0.1, 0.15) is 12.0 Å². The van der Waals surface area contributed by atoms with Crippen molar-refractivity contribution in [1.29, 1.82) is 0 Å². The fraction of sp³-hybridized carbons (Fsp3) is 0.857. The molecule has 0 aromatic heterocycles. The van der Waals surface area contributed by atoms with Gasteiger partial charge in [-0.2, -0.15) is 0 Å². The minimum atomic E-state index is -0.624. The molecule has 0 aromatic rings. The van der Waals surface area contributed by atoms with Gasteiger partial charge in [0.2, 0.25) is 6.54 Å². The van der Waals surface area contributed by atoms with Crippen molar-refractivity contribution in [2.45, 2.75) is 25.9 Å². The first kappa shape index (κ1) is 8.96. The van der Waals surface area contributed by atoms with Gasteiger partial charge >= 0.3 is 5.97 Å². The lowest BCUT2D eigenvalue weighted by Gasteiger charge is -2.05. The Labute approximate surface area is 69.9 Å². The summed E-state index contributed by atoms with van der Waals surface area (Å²) >= 11 is 0. The first-order valence-electron chi connectivity index (χ1n) is 3.92. The zero-order chi connectivity index (χ0) is 9.14. The van der Waals surface area contributed by atoms with Crippen molar-refractivity contribution in [3.63, 3.8) is 0 Å². The summed E-state index contributed by atoms with van der Waals surface area (Å²) < 4.78 is 4.88. The predicted octanol–water partition coefficient (Wildman–Crippen LogP) is 0.605. The monoisotopic (exact) mass is 173 g/mol. The Balaban J connectivity index is 2.24. The van der Waals surface area contributed by atoms with Gasteiger partial charge in [0, 0.05) is 4.92 Å². The summed E-state index contributed by atoms with van der Waals surface area (Å²) in [6, 6.07) is 0. The predicted molar refractivity (Wildman–Crippen MR) is 40.1 cm³/mol. The topological polar surface area (TPSA) is 69.4 Å². The quantitative estimate of drug-likeness (QED) is 0.354. The summed E-state index contributed by atoms with van der Waals surface area (Å²) in [7, 11) is 0. The molecule has 12 heavy (non-hydrogen) atoms. The molecule has 0 aromatic carbocycles. The van der Waals surface area contributed by atoms with Crippen molar-refractivity contribution in [2.24, 2.45) is 5.92 Å². The highest BCUT2D eigenvalue weighted by atomic mass is 16.6. The van der Waals surface area contributed by atoms with Crippen LogP contribution in [0.3, 0.4) is 0 Å². The van der Waals surface area contributed by atoms with E-state index in [2.05, 4.69) is 0 Å². The number of esters is 1. The Kier molecular flexibility index (Phi) is 2.62. The van der Waals surface area contributed by atoms with E-state index in [9.17, 15) is 14.9 Å². The molecular formula is C7H11NO4. The highest BCUT2D eigenvalue weighted by Crippen LogP contribution is 2.24. The second-order valence-electron chi connectivity index (χ2n) is 3.05. The second-order valence-corrected chi connectivity index (χ2v) is 3.05. The summed E-state index contributed by atoms with van der Waals surface area (Å²) in [5, 5.41) is 10.0. The Morgan fingerprint density at radius 2 is 2.33 bits per heavy atom. The van der Waals surface area contributed by atoms with Gasteiger partial charge in [0.25, 0.3) is 0 Å². The number of nitro groups is 1. The van der Waals surface area contributed by atoms with Crippen LogP contribution in [0.25, 0.3) is 0 Å². The standard InChI is InChI=1S/C7H11NO4/c1-5(4-8(10)11)7(9)12-6-2-3-6/h5-6H,2-4H2,1H3. The molecule has 0 aliphatic heterocycles. The van der Waals surface area contributed by atoms with Gasteiger partial charge < -0.3 is 4.74 Å². The number of carbonyl (C=O) groups is 1. The average Bonchev–Trinajstić information content (AvgIpc) is 2.70. The molecule has 1 aliphatic carbocycles. The van der Waals surface area contributed by atoms with Crippen molar-refractivity contribution >= 4 is 5.97 Å². The molecule has 0 spiro atoms. The summed E-state index contributed by atoms with van der Waals surface area (Å²) in [5.41, 5.74) is 0. The number of ether oxygens (including phenoxy) is 1. The van der Waals surface area contributed by atoms with Gasteiger partial charge in [-0.15, -0.1) is 0 Å². The first-order chi connectivity index (χ1) is 5.59. The molecule has 1 aliphatic rings. The SMILES string of the molecule is CC(C[N+](=O)[O-])C(=O)OC1CC1. The van der Waals surface area contributed by atoms with Crippen LogP contribution in [0.1, 0.15) is 19.8 Å². The zero-order valence-electron chi connectivity index (χ0n) is 6.86. The van der Waals surface area contributed by atoms with Gasteiger partial charge in [0.05, 0.1) is 0 Å². The van der Waals surface area contributed by atoms with Gasteiger partial charge in [-0.1, -0.05) is 0 Å². The molecular weight excluding hydrogens is 162 g/mol. The van der Waals surface area contributed by atoms with Gasteiger partial charge in [-0.25, -0.2) is 0 Å². The third-order valence-electron chi connectivity index (χ3n) is 1.63. The maximum absolute atomic E-state index is 11.0. The molecule has 0 bridgehead atoms. The molecule has 0 saturated heterocycles. The highest BCUT2D eigenvalue weighted by molar-refractivity contribution is 5.72. The molecule has 5 heteroatoms. The molecule has 0 N–H and O–H groups in total. The molecule has 68 valence electrons. The van der Waals surface area contributed by atoms with Crippen LogP contribution in [0.15, 0.2) is 0 Å². The van der Waals surface area contributed by atoms with Crippen molar-refractivity contribution in [1.82, 2.24) is 0 Å². The summed E-state index contributed by atoms with van der Waals surface area (Å²) in [4.78, 5) is 20.5. The van der Waals surface area contributed by atoms with Gasteiger partial charge in [0.15, 0.2) is 0 Å². The van der Waals surface area contributed by atoms with Crippen LogP contribution in [0.5, 0.6) is 0 Å². The summed E-state index contributed by atoms with van der Waals surface area (Å²) in [6.07, 6.45) is 1.83. The lowest BCUT2D eigenvalue weighted by molar-refractivity contribution is -0.485. The lowest BCUT2D eigenvalue weighted by atomic mass is 10.2. The maximum Gasteiger partial charge on any atom is 0.315 e. The molecule has 5 nitrogen and oxygen atoms in total. The van der Waals surface area contributed by atoms with Crippen molar-refractivity contribution < 1.29 is 14.5 Å². The van der Waals surface area contributed by atoms with E-state index in [4.69, 9.17) is 4.74 Å². The summed E-state index contributed by atoms with van der Waals surface area (Å²) in [5.74, 6) is -1.07. The third kappa shape index (κ3) is 2.86.